The second-order valence-corrected chi connectivity index (χ2v) is 6.00. The summed E-state index contributed by atoms with van der Waals surface area (Å²) in [5, 5.41) is 12.3. The van der Waals surface area contributed by atoms with Gasteiger partial charge in [-0.05, 0) is 62.2 Å². The van der Waals surface area contributed by atoms with Crippen LogP contribution in [0, 0.1) is 0 Å². The summed E-state index contributed by atoms with van der Waals surface area (Å²) in [4.78, 5) is 0. The van der Waals surface area contributed by atoms with Crippen molar-refractivity contribution in [2.75, 3.05) is 6.54 Å². The van der Waals surface area contributed by atoms with Crippen molar-refractivity contribution >= 4 is 38.6 Å². The number of likely N-dealkylation sites (N-methyl/N-ethyl adjacent to an activating group) is 1. The predicted molar refractivity (Wildman–Crippen MR) is 76.5 cm³/mol. The lowest BCUT2D eigenvalue weighted by molar-refractivity contribution is 0.550. The van der Waals surface area contributed by atoms with Crippen LogP contribution in [0.1, 0.15) is 24.1 Å². The number of halogens is 1. The average molecular weight is 316 g/mol. The Labute approximate surface area is 113 Å². The average Bonchev–Trinajstić information content (AvgIpc) is 2.88. The molecular formula is C12H14BrNS2. The van der Waals surface area contributed by atoms with Crippen LogP contribution in [0.2, 0.25) is 0 Å². The summed E-state index contributed by atoms with van der Waals surface area (Å²) in [6.07, 6.45) is 1.06. The molecule has 1 N–H and O–H groups in total. The van der Waals surface area contributed by atoms with Crippen molar-refractivity contribution < 1.29 is 0 Å². The monoisotopic (exact) mass is 315 g/mol. The van der Waals surface area contributed by atoms with Crippen LogP contribution in [0.4, 0.5) is 0 Å². The molecule has 0 saturated heterocycles. The third kappa shape index (κ3) is 2.94. The smallest absolute Gasteiger partial charge is 0.0380 e. The van der Waals surface area contributed by atoms with Gasteiger partial charge >= 0.3 is 0 Å². The van der Waals surface area contributed by atoms with Gasteiger partial charge in [0.05, 0.1) is 0 Å². The Balaban J connectivity index is 2.14. The molecule has 2 heterocycles. The van der Waals surface area contributed by atoms with Gasteiger partial charge < -0.3 is 5.32 Å². The van der Waals surface area contributed by atoms with E-state index in [9.17, 15) is 0 Å². The fourth-order valence-corrected chi connectivity index (χ4v) is 4.03. The maximum absolute atomic E-state index is 3.61. The Morgan fingerprint density at radius 1 is 1.31 bits per heavy atom. The standard InChI is InChI=1S/C12H14BrNS2/c1-2-14-12(5-9-3-4-15-6-9)10-7-16-8-11(10)13/h3-4,6-8,12,14H,2,5H2,1H3. The molecule has 1 nitrogen and oxygen atoms in total. The highest BCUT2D eigenvalue weighted by Crippen LogP contribution is 2.29. The molecule has 0 spiro atoms. The number of nitrogens with one attached hydrogen (secondary N) is 1. The van der Waals surface area contributed by atoms with Gasteiger partial charge in [0.1, 0.15) is 0 Å². The number of rotatable bonds is 5. The number of hydrogen-bond donors (Lipinski definition) is 1. The number of thiophene rings is 2. The van der Waals surface area contributed by atoms with Crippen LogP contribution in [0.25, 0.3) is 0 Å². The third-order valence-corrected chi connectivity index (χ3v) is 4.97. The molecule has 0 amide bonds. The Kier molecular flexibility index (Phi) is 4.58. The lowest BCUT2D eigenvalue weighted by Gasteiger charge is -2.17. The molecule has 2 aromatic rings. The van der Waals surface area contributed by atoms with Crippen LogP contribution in [-0.4, -0.2) is 6.54 Å². The van der Waals surface area contributed by atoms with Crippen LogP contribution in [0.15, 0.2) is 32.1 Å². The van der Waals surface area contributed by atoms with E-state index in [1.165, 1.54) is 15.6 Å². The van der Waals surface area contributed by atoms with Gasteiger partial charge in [-0.15, -0.1) is 0 Å². The summed E-state index contributed by atoms with van der Waals surface area (Å²) in [5.41, 5.74) is 2.78. The minimum atomic E-state index is 0.417. The second-order valence-electron chi connectivity index (χ2n) is 3.62. The van der Waals surface area contributed by atoms with Gasteiger partial charge in [-0.2, -0.15) is 22.7 Å². The largest absolute Gasteiger partial charge is 0.310 e. The molecule has 0 aliphatic rings. The van der Waals surface area contributed by atoms with Crippen molar-refractivity contribution in [1.29, 1.82) is 0 Å². The third-order valence-electron chi connectivity index (χ3n) is 2.49. The maximum Gasteiger partial charge on any atom is 0.0380 e. The van der Waals surface area contributed by atoms with E-state index in [0.29, 0.717) is 6.04 Å². The minimum Gasteiger partial charge on any atom is -0.310 e. The topological polar surface area (TPSA) is 12.0 Å². The fraction of sp³-hybridized carbons (Fsp3) is 0.333. The summed E-state index contributed by atoms with van der Waals surface area (Å²) in [5.74, 6) is 0. The van der Waals surface area contributed by atoms with Crippen LogP contribution in [-0.2, 0) is 6.42 Å². The minimum absolute atomic E-state index is 0.417. The summed E-state index contributed by atoms with van der Waals surface area (Å²) in [7, 11) is 0. The van der Waals surface area contributed by atoms with Crippen molar-refractivity contribution in [3.05, 3.63) is 43.2 Å². The van der Waals surface area contributed by atoms with E-state index in [2.05, 4.69) is 55.8 Å². The Morgan fingerprint density at radius 3 is 2.75 bits per heavy atom. The van der Waals surface area contributed by atoms with E-state index in [-0.39, 0.29) is 0 Å². The first-order valence-electron chi connectivity index (χ1n) is 5.27. The highest BCUT2D eigenvalue weighted by Gasteiger charge is 2.14. The van der Waals surface area contributed by atoms with Gasteiger partial charge in [0.15, 0.2) is 0 Å². The molecular weight excluding hydrogens is 302 g/mol. The quantitative estimate of drug-likeness (QED) is 0.858. The summed E-state index contributed by atoms with van der Waals surface area (Å²) >= 11 is 7.13. The molecule has 0 aliphatic heterocycles. The molecule has 4 heteroatoms. The molecule has 1 atom stereocenters. The Hall–Kier alpha value is -0.160. The normalized spacial score (nSPS) is 12.9. The van der Waals surface area contributed by atoms with Crippen LogP contribution in [0.3, 0.4) is 0 Å². The first kappa shape index (κ1) is 12.3. The zero-order valence-corrected chi connectivity index (χ0v) is 12.3. The van der Waals surface area contributed by atoms with Gasteiger partial charge in [0.2, 0.25) is 0 Å². The molecule has 2 rings (SSSR count). The molecule has 2 aromatic heterocycles. The van der Waals surface area contributed by atoms with Crippen molar-refractivity contribution in [3.8, 4) is 0 Å². The summed E-state index contributed by atoms with van der Waals surface area (Å²) in [6, 6.07) is 2.62. The fourth-order valence-electron chi connectivity index (χ4n) is 1.72. The molecule has 1 unspecified atom stereocenters. The first-order chi connectivity index (χ1) is 7.81. The molecule has 0 bridgehead atoms. The molecule has 0 radical (unpaired) electrons. The van der Waals surface area contributed by atoms with E-state index in [1.54, 1.807) is 22.7 Å². The highest BCUT2D eigenvalue weighted by atomic mass is 79.9. The molecule has 0 aliphatic carbocycles. The van der Waals surface area contributed by atoms with Crippen LogP contribution < -0.4 is 5.32 Å². The number of hydrogen-bond acceptors (Lipinski definition) is 3. The molecule has 0 saturated carbocycles. The van der Waals surface area contributed by atoms with Gasteiger partial charge in [0, 0.05) is 15.9 Å². The predicted octanol–water partition coefficient (Wildman–Crippen LogP) is 4.47. The van der Waals surface area contributed by atoms with E-state index >= 15 is 0 Å². The van der Waals surface area contributed by atoms with E-state index in [1.807, 2.05) is 0 Å². The molecule has 86 valence electrons. The molecule has 0 fully saturated rings. The van der Waals surface area contributed by atoms with Gasteiger partial charge in [0.25, 0.3) is 0 Å². The highest BCUT2D eigenvalue weighted by molar-refractivity contribution is 9.10. The first-order valence-corrected chi connectivity index (χ1v) is 7.95. The van der Waals surface area contributed by atoms with E-state index in [0.717, 1.165) is 13.0 Å². The van der Waals surface area contributed by atoms with Crippen LogP contribution in [0.5, 0.6) is 0 Å². The molecule has 16 heavy (non-hydrogen) atoms. The van der Waals surface area contributed by atoms with Crippen molar-refractivity contribution in [2.24, 2.45) is 0 Å². The van der Waals surface area contributed by atoms with E-state index in [4.69, 9.17) is 0 Å². The Bertz CT molecular complexity index is 422. The second kappa shape index (κ2) is 5.96. The van der Waals surface area contributed by atoms with Crippen LogP contribution >= 0.6 is 38.6 Å². The van der Waals surface area contributed by atoms with Gasteiger partial charge in [-0.3, -0.25) is 0 Å². The summed E-state index contributed by atoms with van der Waals surface area (Å²) < 4.78 is 1.22. The Morgan fingerprint density at radius 2 is 2.19 bits per heavy atom. The molecule has 0 aromatic carbocycles. The lowest BCUT2D eigenvalue weighted by atomic mass is 10.0. The summed E-state index contributed by atoms with van der Waals surface area (Å²) in [6.45, 7) is 3.15. The van der Waals surface area contributed by atoms with Crippen molar-refractivity contribution in [2.45, 2.75) is 19.4 Å². The zero-order chi connectivity index (χ0) is 11.4. The van der Waals surface area contributed by atoms with Gasteiger partial charge in [-0.25, -0.2) is 0 Å². The van der Waals surface area contributed by atoms with E-state index < -0.39 is 0 Å². The zero-order valence-electron chi connectivity index (χ0n) is 9.07. The lowest BCUT2D eigenvalue weighted by Crippen LogP contribution is -2.22. The van der Waals surface area contributed by atoms with Gasteiger partial charge in [-0.1, -0.05) is 6.92 Å². The van der Waals surface area contributed by atoms with Crippen molar-refractivity contribution in [1.82, 2.24) is 5.32 Å². The maximum atomic E-state index is 3.61. The van der Waals surface area contributed by atoms with Crippen molar-refractivity contribution in [3.63, 3.8) is 0 Å². The SMILES string of the molecule is CCNC(Cc1ccsc1)c1cscc1Br.